The van der Waals surface area contributed by atoms with E-state index in [0.29, 0.717) is 21.8 Å². The third-order valence-corrected chi connectivity index (χ3v) is 5.62. The maximum atomic E-state index is 12.5. The number of hydrogen-bond donors (Lipinski definition) is 1. The molecular formula is C20H21ClN4O2S. The normalized spacial score (nSPS) is 11.9. The maximum Gasteiger partial charge on any atom is 0.237 e. The first-order valence-corrected chi connectivity index (χ1v) is 10.00. The van der Waals surface area contributed by atoms with Crippen LogP contribution in [0.1, 0.15) is 18.3 Å². The Morgan fingerprint density at radius 2 is 1.93 bits per heavy atom. The highest BCUT2D eigenvalue weighted by Gasteiger charge is 2.19. The Kier molecular flexibility index (Phi) is 6.59. The predicted octanol–water partition coefficient (Wildman–Crippen LogP) is 4.48. The molecule has 0 saturated carbocycles. The lowest BCUT2D eigenvalue weighted by Gasteiger charge is -2.13. The summed E-state index contributed by atoms with van der Waals surface area (Å²) in [6, 6.07) is 14.9. The molecule has 0 spiro atoms. The number of thioether (sulfide) groups is 1. The second kappa shape index (κ2) is 9.12. The van der Waals surface area contributed by atoms with Crippen molar-refractivity contribution in [1.29, 1.82) is 0 Å². The molecule has 0 fully saturated rings. The van der Waals surface area contributed by atoms with E-state index in [4.69, 9.17) is 16.3 Å². The van der Waals surface area contributed by atoms with Crippen molar-refractivity contribution in [3.63, 3.8) is 0 Å². The molecule has 0 aliphatic carbocycles. The minimum absolute atomic E-state index is 0.0869. The van der Waals surface area contributed by atoms with Gasteiger partial charge in [-0.05, 0) is 37.6 Å². The van der Waals surface area contributed by atoms with Crippen molar-refractivity contribution in [3.05, 3.63) is 64.9 Å². The number of carbonyl (C=O) groups excluding carboxylic acids is 1. The lowest BCUT2D eigenvalue weighted by atomic mass is 10.2. The van der Waals surface area contributed by atoms with Crippen LogP contribution in [0.4, 0.5) is 5.69 Å². The average Bonchev–Trinajstić information content (AvgIpc) is 3.02. The summed E-state index contributed by atoms with van der Waals surface area (Å²) in [6.45, 7) is 4.03. The molecule has 0 radical (unpaired) electrons. The zero-order valence-electron chi connectivity index (χ0n) is 15.8. The van der Waals surface area contributed by atoms with Crippen LogP contribution in [0.15, 0.2) is 53.7 Å². The highest BCUT2D eigenvalue weighted by atomic mass is 35.5. The number of halogens is 1. The minimum atomic E-state index is -0.333. The number of nitrogens with one attached hydrogen (secondary N) is 1. The molecular weight excluding hydrogens is 396 g/mol. The number of rotatable bonds is 7. The fourth-order valence-corrected chi connectivity index (χ4v) is 3.46. The molecule has 3 aromatic rings. The largest absolute Gasteiger partial charge is 0.484 e. The van der Waals surface area contributed by atoms with Crippen molar-refractivity contribution in [3.8, 4) is 5.75 Å². The fourth-order valence-electron chi connectivity index (χ4n) is 2.44. The smallest absolute Gasteiger partial charge is 0.237 e. The van der Waals surface area contributed by atoms with Crippen LogP contribution in [0.5, 0.6) is 5.75 Å². The maximum absolute atomic E-state index is 12.5. The molecule has 0 saturated heterocycles. The summed E-state index contributed by atoms with van der Waals surface area (Å²) in [7, 11) is 1.85. The van der Waals surface area contributed by atoms with Crippen molar-refractivity contribution < 1.29 is 9.53 Å². The van der Waals surface area contributed by atoms with Gasteiger partial charge in [-0.3, -0.25) is 4.79 Å². The van der Waals surface area contributed by atoms with E-state index in [1.54, 1.807) is 12.1 Å². The topological polar surface area (TPSA) is 69.0 Å². The molecule has 1 unspecified atom stereocenters. The summed E-state index contributed by atoms with van der Waals surface area (Å²) in [5, 5.41) is 12.1. The Bertz CT molecular complexity index is 976. The average molecular weight is 417 g/mol. The number of amides is 1. The van der Waals surface area contributed by atoms with Crippen molar-refractivity contribution in [1.82, 2.24) is 14.8 Å². The molecule has 28 heavy (non-hydrogen) atoms. The van der Waals surface area contributed by atoms with Gasteiger partial charge in [-0.1, -0.05) is 53.7 Å². The number of benzene rings is 2. The van der Waals surface area contributed by atoms with E-state index >= 15 is 0 Å². The first-order chi connectivity index (χ1) is 13.5. The first kappa shape index (κ1) is 20.2. The predicted molar refractivity (Wildman–Crippen MR) is 112 cm³/mol. The highest BCUT2D eigenvalue weighted by Crippen LogP contribution is 2.26. The molecule has 1 heterocycles. The Morgan fingerprint density at radius 1 is 1.21 bits per heavy atom. The zero-order chi connectivity index (χ0) is 20.1. The van der Waals surface area contributed by atoms with E-state index in [-0.39, 0.29) is 17.8 Å². The van der Waals surface area contributed by atoms with Gasteiger partial charge >= 0.3 is 0 Å². The molecule has 2 aromatic carbocycles. The van der Waals surface area contributed by atoms with E-state index in [1.165, 1.54) is 11.8 Å². The van der Waals surface area contributed by atoms with Crippen molar-refractivity contribution in [2.75, 3.05) is 5.32 Å². The van der Waals surface area contributed by atoms with Gasteiger partial charge in [-0.25, -0.2) is 0 Å². The van der Waals surface area contributed by atoms with Crippen molar-refractivity contribution >= 4 is 35.0 Å². The number of carbonyl (C=O) groups is 1. The van der Waals surface area contributed by atoms with Gasteiger partial charge in [-0.2, -0.15) is 0 Å². The van der Waals surface area contributed by atoms with E-state index < -0.39 is 0 Å². The molecule has 1 aromatic heterocycles. The van der Waals surface area contributed by atoms with E-state index in [1.807, 2.05) is 61.9 Å². The molecule has 8 heteroatoms. The van der Waals surface area contributed by atoms with Crippen LogP contribution in [0.3, 0.4) is 0 Å². The van der Waals surface area contributed by atoms with E-state index in [0.717, 1.165) is 11.3 Å². The Labute approximate surface area is 173 Å². The summed E-state index contributed by atoms with van der Waals surface area (Å²) < 4.78 is 7.54. The third-order valence-electron chi connectivity index (χ3n) is 4.17. The van der Waals surface area contributed by atoms with Gasteiger partial charge in [0, 0.05) is 12.7 Å². The summed E-state index contributed by atoms with van der Waals surface area (Å²) in [6.07, 6.45) is 0. The summed E-state index contributed by atoms with van der Waals surface area (Å²) in [4.78, 5) is 12.5. The Balaban J connectivity index is 1.61. The zero-order valence-corrected chi connectivity index (χ0v) is 17.4. The number of aryl methyl sites for hydroxylation is 1. The van der Waals surface area contributed by atoms with Crippen LogP contribution >= 0.6 is 23.4 Å². The standard InChI is InChI=1S/C20H21ClN4O2S/c1-13-8-4-6-10-16(13)22-19(26)14(2)28-20-24-23-18(25(20)3)12-27-17-11-7-5-9-15(17)21/h4-11,14H,12H2,1-3H3,(H,22,26). The minimum Gasteiger partial charge on any atom is -0.484 e. The summed E-state index contributed by atoms with van der Waals surface area (Å²) in [5.41, 5.74) is 1.83. The second-order valence-electron chi connectivity index (χ2n) is 6.24. The summed E-state index contributed by atoms with van der Waals surface area (Å²) >= 11 is 7.45. The molecule has 1 N–H and O–H groups in total. The lowest BCUT2D eigenvalue weighted by Crippen LogP contribution is -2.23. The van der Waals surface area contributed by atoms with Gasteiger partial charge in [0.1, 0.15) is 12.4 Å². The van der Waals surface area contributed by atoms with E-state index in [2.05, 4.69) is 15.5 Å². The third kappa shape index (κ3) is 4.85. The number of para-hydroxylation sites is 2. The molecule has 0 bridgehead atoms. The molecule has 6 nitrogen and oxygen atoms in total. The van der Waals surface area contributed by atoms with E-state index in [9.17, 15) is 4.79 Å². The van der Waals surface area contributed by atoms with Crippen molar-refractivity contribution in [2.24, 2.45) is 7.05 Å². The number of aromatic nitrogens is 3. The molecule has 1 amide bonds. The Hall–Kier alpha value is -2.51. The molecule has 0 aliphatic heterocycles. The molecule has 3 rings (SSSR count). The van der Waals surface area contributed by atoms with Gasteiger partial charge in [0.2, 0.25) is 5.91 Å². The van der Waals surface area contributed by atoms with Crippen LogP contribution < -0.4 is 10.1 Å². The Morgan fingerprint density at radius 3 is 2.68 bits per heavy atom. The quantitative estimate of drug-likeness (QED) is 0.575. The van der Waals surface area contributed by atoms with Crippen LogP contribution in [-0.2, 0) is 18.4 Å². The first-order valence-electron chi connectivity index (χ1n) is 8.74. The van der Waals surface area contributed by atoms with Crippen LogP contribution in [0.2, 0.25) is 5.02 Å². The lowest BCUT2D eigenvalue weighted by molar-refractivity contribution is -0.115. The van der Waals surface area contributed by atoms with Crippen LogP contribution in [-0.4, -0.2) is 25.9 Å². The fraction of sp³-hybridized carbons (Fsp3) is 0.250. The number of hydrogen-bond acceptors (Lipinski definition) is 5. The monoisotopic (exact) mass is 416 g/mol. The van der Waals surface area contributed by atoms with Gasteiger partial charge in [0.25, 0.3) is 0 Å². The van der Waals surface area contributed by atoms with Gasteiger partial charge in [0.15, 0.2) is 11.0 Å². The van der Waals surface area contributed by atoms with Crippen LogP contribution in [0.25, 0.3) is 0 Å². The van der Waals surface area contributed by atoms with Gasteiger partial charge in [-0.15, -0.1) is 10.2 Å². The number of ether oxygens (including phenoxy) is 1. The number of nitrogens with zero attached hydrogens (tertiary/aromatic N) is 3. The number of anilines is 1. The van der Waals surface area contributed by atoms with Gasteiger partial charge < -0.3 is 14.6 Å². The van der Waals surface area contributed by atoms with Crippen LogP contribution in [0, 0.1) is 6.92 Å². The summed E-state index contributed by atoms with van der Waals surface area (Å²) in [5.74, 6) is 1.15. The molecule has 1 atom stereocenters. The highest BCUT2D eigenvalue weighted by molar-refractivity contribution is 8.00. The van der Waals surface area contributed by atoms with Gasteiger partial charge in [0.05, 0.1) is 10.3 Å². The van der Waals surface area contributed by atoms with Crippen molar-refractivity contribution in [2.45, 2.75) is 30.9 Å². The molecule has 146 valence electrons. The SMILES string of the molecule is Cc1ccccc1NC(=O)C(C)Sc1nnc(COc2ccccc2Cl)n1C. The molecule has 0 aliphatic rings. The second-order valence-corrected chi connectivity index (χ2v) is 7.96.